The molecule has 0 aromatic carbocycles. The number of primary amides is 1. The van der Waals surface area contributed by atoms with Gasteiger partial charge in [-0.25, -0.2) is 15.0 Å². The number of imidazole rings is 1. The Morgan fingerprint density at radius 3 is 2.59 bits per heavy atom. The summed E-state index contributed by atoms with van der Waals surface area (Å²) in [5.41, 5.74) is 11.3. The lowest BCUT2D eigenvalue weighted by molar-refractivity contribution is -0.239. The highest BCUT2D eigenvalue weighted by Crippen LogP contribution is 2.30. The van der Waals surface area contributed by atoms with Crippen molar-refractivity contribution in [3.63, 3.8) is 0 Å². The SMILES string of the molecule is NC(=O)C1OC(n2cnc3c(N)ncnc32)C(O)C(O)C1O. The van der Waals surface area contributed by atoms with Crippen molar-refractivity contribution < 1.29 is 24.9 Å². The molecule has 5 atom stereocenters. The second kappa shape index (κ2) is 5.14. The molecule has 1 fully saturated rings. The van der Waals surface area contributed by atoms with Gasteiger partial charge in [-0.15, -0.1) is 0 Å². The summed E-state index contributed by atoms with van der Waals surface area (Å²) in [7, 11) is 0. The predicted molar refractivity (Wildman–Crippen MR) is 70.9 cm³/mol. The molecule has 7 N–H and O–H groups in total. The van der Waals surface area contributed by atoms with Crippen molar-refractivity contribution in [3.05, 3.63) is 12.7 Å². The van der Waals surface area contributed by atoms with Crippen LogP contribution in [0.3, 0.4) is 0 Å². The molecule has 11 heteroatoms. The molecule has 0 aliphatic carbocycles. The van der Waals surface area contributed by atoms with Crippen LogP contribution in [-0.2, 0) is 9.53 Å². The number of hydrogen-bond acceptors (Lipinski definition) is 9. The van der Waals surface area contributed by atoms with Gasteiger partial charge in [0, 0.05) is 0 Å². The molecular weight excluding hydrogens is 296 g/mol. The Hall–Kier alpha value is -2.34. The van der Waals surface area contributed by atoms with Crippen molar-refractivity contribution in [2.75, 3.05) is 5.73 Å². The number of nitrogen functional groups attached to an aromatic ring is 1. The Balaban J connectivity index is 2.05. The highest BCUT2D eigenvalue weighted by Gasteiger charge is 2.47. The minimum absolute atomic E-state index is 0.126. The van der Waals surface area contributed by atoms with Crippen molar-refractivity contribution in [1.82, 2.24) is 19.5 Å². The van der Waals surface area contributed by atoms with Crippen LogP contribution in [0.2, 0.25) is 0 Å². The highest BCUT2D eigenvalue weighted by molar-refractivity contribution is 5.81. The summed E-state index contributed by atoms with van der Waals surface area (Å²) in [6.07, 6.45) is -5.05. The molecule has 1 saturated heterocycles. The van der Waals surface area contributed by atoms with E-state index < -0.39 is 36.6 Å². The van der Waals surface area contributed by atoms with Crippen molar-refractivity contribution >= 4 is 22.9 Å². The number of carbonyl (C=O) groups excluding carboxylic acids is 1. The number of anilines is 1. The molecule has 118 valence electrons. The summed E-state index contributed by atoms with van der Waals surface area (Å²) < 4.78 is 6.60. The summed E-state index contributed by atoms with van der Waals surface area (Å²) in [5.74, 6) is -0.844. The average molecular weight is 310 g/mol. The van der Waals surface area contributed by atoms with Crippen molar-refractivity contribution in [1.29, 1.82) is 0 Å². The number of fused-ring (bicyclic) bond motifs is 1. The Morgan fingerprint density at radius 1 is 1.18 bits per heavy atom. The molecule has 0 spiro atoms. The molecule has 3 rings (SSSR count). The van der Waals surface area contributed by atoms with Crippen LogP contribution in [0.25, 0.3) is 11.2 Å². The number of aliphatic hydroxyl groups excluding tert-OH is 3. The molecule has 5 unspecified atom stereocenters. The second-order valence-electron chi connectivity index (χ2n) is 4.90. The molecule has 3 heterocycles. The third-order valence-electron chi connectivity index (χ3n) is 3.53. The van der Waals surface area contributed by atoms with Crippen LogP contribution in [0.5, 0.6) is 0 Å². The lowest BCUT2D eigenvalue weighted by atomic mass is 9.97. The van der Waals surface area contributed by atoms with Gasteiger partial charge in [-0.05, 0) is 0 Å². The zero-order chi connectivity index (χ0) is 16.0. The van der Waals surface area contributed by atoms with Crippen LogP contribution in [0.1, 0.15) is 6.23 Å². The molecular formula is C11H14N6O5. The zero-order valence-electron chi connectivity index (χ0n) is 11.1. The number of nitrogens with two attached hydrogens (primary N) is 2. The number of carbonyl (C=O) groups is 1. The number of aromatic nitrogens is 4. The van der Waals surface area contributed by atoms with Gasteiger partial charge in [-0.2, -0.15) is 0 Å². The van der Waals surface area contributed by atoms with E-state index in [2.05, 4.69) is 15.0 Å². The first-order valence-electron chi connectivity index (χ1n) is 6.33. The minimum Gasteiger partial charge on any atom is -0.387 e. The fourth-order valence-electron chi connectivity index (χ4n) is 2.38. The molecule has 0 bridgehead atoms. The number of rotatable bonds is 2. The molecule has 11 nitrogen and oxygen atoms in total. The standard InChI is InChI=1S/C11H14N6O5/c12-8-3-10(15-1-14-8)17(2-16-3)11-6(20)4(18)5(19)7(22-11)9(13)21/h1-2,4-7,11,18-20H,(H2,13,21)(H2,12,14,15). The molecule has 0 radical (unpaired) electrons. The number of aliphatic hydroxyl groups is 3. The Bertz CT molecular complexity index is 720. The Morgan fingerprint density at radius 2 is 1.91 bits per heavy atom. The fraction of sp³-hybridized carbons (Fsp3) is 0.455. The predicted octanol–water partition coefficient (Wildman–Crippen LogP) is -3.13. The zero-order valence-corrected chi connectivity index (χ0v) is 11.1. The minimum atomic E-state index is -1.64. The topological polar surface area (TPSA) is 183 Å². The van der Waals surface area contributed by atoms with Gasteiger partial charge in [0.05, 0.1) is 6.33 Å². The first kappa shape index (κ1) is 14.6. The van der Waals surface area contributed by atoms with Gasteiger partial charge in [0.2, 0.25) is 5.91 Å². The maximum Gasteiger partial charge on any atom is 0.249 e. The quantitative estimate of drug-likeness (QED) is 0.383. The van der Waals surface area contributed by atoms with Crippen LogP contribution >= 0.6 is 0 Å². The molecule has 1 aliphatic heterocycles. The van der Waals surface area contributed by atoms with Crippen LogP contribution in [0.4, 0.5) is 5.82 Å². The van der Waals surface area contributed by atoms with Crippen molar-refractivity contribution in [2.45, 2.75) is 30.6 Å². The van der Waals surface area contributed by atoms with Crippen LogP contribution in [0.15, 0.2) is 12.7 Å². The first-order chi connectivity index (χ1) is 10.4. The van der Waals surface area contributed by atoms with E-state index in [1.54, 1.807) is 0 Å². The second-order valence-corrected chi connectivity index (χ2v) is 4.90. The van der Waals surface area contributed by atoms with Crippen molar-refractivity contribution in [3.8, 4) is 0 Å². The van der Waals surface area contributed by atoms with E-state index in [1.807, 2.05) is 0 Å². The number of nitrogens with zero attached hydrogens (tertiary/aromatic N) is 4. The average Bonchev–Trinajstić information content (AvgIpc) is 2.90. The van der Waals surface area contributed by atoms with Gasteiger partial charge in [0.1, 0.15) is 30.2 Å². The van der Waals surface area contributed by atoms with E-state index in [9.17, 15) is 20.1 Å². The molecule has 1 amide bonds. The Labute approximate surface area is 123 Å². The maximum atomic E-state index is 11.3. The van der Waals surface area contributed by atoms with Gasteiger partial charge in [0.15, 0.2) is 23.8 Å². The summed E-state index contributed by atoms with van der Waals surface area (Å²) in [5, 5.41) is 29.7. The third-order valence-corrected chi connectivity index (χ3v) is 3.53. The van der Waals surface area contributed by atoms with Crippen LogP contribution < -0.4 is 11.5 Å². The van der Waals surface area contributed by atoms with E-state index in [0.29, 0.717) is 0 Å². The van der Waals surface area contributed by atoms with Gasteiger partial charge in [0.25, 0.3) is 0 Å². The fourth-order valence-corrected chi connectivity index (χ4v) is 2.38. The number of ether oxygens (including phenoxy) is 1. The third kappa shape index (κ3) is 2.07. The van der Waals surface area contributed by atoms with Gasteiger partial charge in [-0.1, -0.05) is 0 Å². The van der Waals surface area contributed by atoms with E-state index in [0.717, 1.165) is 0 Å². The van der Waals surface area contributed by atoms with Gasteiger partial charge < -0.3 is 31.5 Å². The van der Waals surface area contributed by atoms with E-state index in [4.69, 9.17) is 16.2 Å². The molecule has 22 heavy (non-hydrogen) atoms. The summed E-state index contributed by atoms with van der Waals surface area (Å²) in [6, 6.07) is 0. The van der Waals surface area contributed by atoms with Gasteiger partial charge in [-0.3, -0.25) is 9.36 Å². The van der Waals surface area contributed by atoms with E-state index in [1.165, 1.54) is 17.2 Å². The summed E-state index contributed by atoms with van der Waals surface area (Å²) in [6.45, 7) is 0. The Kier molecular flexibility index (Phi) is 3.41. The lowest BCUT2D eigenvalue weighted by Gasteiger charge is -2.39. The first-order valence-corrected chi connectivity index (χ1v) is 6.33. The van der Waals surface area contributed by atoms with Crippen LogP contribution in [-0.4, -0.2) is 65.2 Å². The van der Waals surface area contributed by atoms with Gasteiger partial charge >= 0.3 is 0 Å². The summed E-state index contributed by atoms with van der Waals surface area (Å²) >= 11 is 0. The number of amides is 1. The number of hydrogen-bond donors (Lipinski definition) is 5. The molecule has 2 aromatic heterocycles. The molecule has 2 aromatic rings. The lowest BCUT2D eigenvalue weighted by Crippen LogP contribution is -2.59. The monoisotopic (exact) mass is 310 g/mol. The smallest absolute Gasteiger partial charge is 0.249 e. The normalized spacial score (nSPS) is 32.2. The molecule has 1 aliphatic rings. The maximum absolute atomic E-state index is 11.3. The van der Waals surface area contributed by atoms with E-state index in [-0.39, 0.29) is 17.0 Å². The van der Waals surface area contributed by atoms with E-state index >= 15 is 0 Å². The van der Waals surface area contributed by atoms with Crippen LogP contribution in [0, 0.1) is 0 Å². The molecule has 0 saturated carbocycles. The highest BCUT2D eigenvalue weighted by atomic mass is 16.6. The summed E-state index contributed by atoms with van der Waals surface area (Å²) in [4.78, 5) is 23.1. The largest absolute Gasteiger partial charge is 0.387 e. The van der Waals surface area contributed by atoms with Crippen molar-refractivity contribution in [2.24, 2.45) is 5.73 Å².